The van der Waals surface area contributed by atoms with Crippen LogP contribution in [0.3, 0.4) is 0 Å². The first-order valence-electron chi connectivity index (χ1n) is 8.40. The van der Waals surface area contributed by atoms with Crippen LogP contribution in [0.2, 0.25) is 10.0 Å². The van der Waals surface area contributed by atoms with E-state index in [1.54, 1.807) is 6.07 Å². The van der Waals surface area contributed by atoms with E-state index in [0.29, 0.717) is 22.1 Å². The second-order valence-corrected chi connectivity index (χ2v) is 6.75. The van der Waals surface area contributed by atoms with Gasteiger partial charge in [0, 0.05) is 5.02 Å². The van der Waals surface area contributed by atoms with Crippen LogP contribution >= 0.6 is 23.2 Å². The number of methoxy groups -OCH3 is 1. The van der Waals surface area contributed by atoms with E-state index in [1.165, 1.54) is 43.5 Å². The lowest BCUT2D eigenvalue weighted by Gasteiger charge is -2.27. The lowest BCUT2D eigenvalue weighted by atomic mass is 10.1. The van der Waals surface area contributed by atoms with Gasteiger partial charge in [0.05, 0.1) is 17.8 Å². The second-order valence-electron chi connectivity index (χ2n) is 5.91. The second kappa shape index (κ2) is 8.86. The summed E-state index contributed by atoms with van der Waals surface area (Å²) in [4.78, 5) is 38.3. The molecule has 8 nitrogen and oxygen atoms in total. The Bertz CT molecular complexity index is 1120. The van der Waals surface area contributed by atoms with Crippen molar-refractivity contribution in [3.8, 4) is 17.6 Å². The highest BCUT2D eigenvalue weighted by Gasteiger charge is 2.37. The van der Waals surface area contributed by atoms with Crippen molar-refractivity contribution in [2.75, 3.05) is 18.6 Å². The maximum absolute atomic E-state index is 12.9. The Hall–Kier alpha value is -3.54. The van der Waals surface area contributed by atoms with Gasteiger partial charge in [-0.15, -0.1) is 0 Å². The Morgan fingerprint density at radius 1 is 1.13 bits per heavy atom. The van der Waals surface area contributed by atoms with Crippen molar-refractivity contribution in [3.63, 3.8) is 0 Å². The van der Waals surface area contributed by atoms with Crippen LogP contribution in [-0.2, 0) is 9.59 Å². The summed E-state index contributed by atoms with van der Waals surface area (Å²) in [7, 11) is 1.41. The van der Waals surface area contributed by atoms with E-state index in [1.807, 2.05) is 6.07 Å². The molecule has 0 saturated carbocycles. The van der Waals surface area contributed by atoms with Crippen molar-refractivity contribution < 1.29 is 23.9 Å². The van der Waals surface area contributed by atoms with E-state index < -0.39 is 17.8 Å². The summed E-state index contributed by atoms with van der Waals surface area (Å²) in [6.45, 7) is -0.170. The summed E-state index contributed by atoms with van der Waals surface area (Å²) in [5.74, 6) is -1.07. The number of benzene rings is 2. The molecule has 1 N–H and O–H groups in total. The van der Waals surface area contributed by atoms with Crippen LogP contribution in [-0.4, -0.2) is 31.6 Å². The van der Waals surface area contributed by atoms with Gasteiger partial charge in [-0.25, -0.2) is 9.69 Å². The van der Waals surface area contributed by atoms with E-state index in [-0.39, 0.29) is 22.9 Å². The van der Waals surface area contributed by atoms with Gasteiger partial charge in [-0.3, -0.25) is 14.9 Å². The zero-order chi connectivity index (χ0) is 21.8. The van der Waals surface area contributed by atoms with E-state index in [0.717, 1.165) is 4.90 Å². The smallest absolute Gasteiger partial charge is 0.335 e. The monoisotopic (exact) mass is 445 g/mol. The minimum Gasteiger partial charge on any atom is -0.493 e. The van der Waals surface area contributed by atoms with Gasteiger partial charge >= 0.3 is 6.03 Å². The van der Waals surface area contributed by atoms with Gasteiger partial charge < -0.3 is 9.47 Å². The number of carbonyl (C=O) groups is 3. The first kappa shape index (κ1) is 21.2. The molecule has 0 aliphatic carbocycles. The molecule has 1 saturated heterocycles. The third-order valence-corrected chi connectivity index (χ3v) is 4.58. The van der Waals surface area contributed by atoms with Crippen molar-refractivity contribution in [1.82, 2.24) is 5.32 Å². The molecule has 1 heterocycles. The fourth-order valence-electron chi connectivity index (χ4n) is 2.71. The van der Waals surface area contributed by atoms with Crippen molar-refractivity contribution in [1.29, 1.82) is 5.26 Å². The molecule has 0 aromatic heterocycles. The molecule has 1 aliphatic rings. The molecule has 4 amide bonds. The fraction of sp³-hybridized carbons (Fsp3) is 0.100. The van der Waals surface area contributed by atoms with Crippen LogP contribution in [0.1, 0.15) is 5.56 Å². The Balaban J connectivity index is 1.99. The largest absolute Gasteiger partial charge is 0.493 e. The lowest BCUT2D eigenvalue weighted by molar-refractivity contribution is -0.122. The number of anilines is 1. The van der Waals surface area contributed by atoms with Crippen LogP contribution in [0.25, 0.3) is 6.08 Å². The number of hydrogen-bond donors (Lipinski definition) is 1. The number of nitriles is 1. The lowest BCUT2D eigenvalue weighted by Crippen LogP contribution is -2.54. The van der Waals surface area contributed by atoms with Gasteiger partial charge in [0.25, 0.3) is 11.8 Å². The predicted molar refractivity (Wildman–Crippen MR) is 110 cm³/mol. The first-order chi connectivity index (χ1) is 14.3. The molecule has 0 unspecified atom stereocenters. The number of ether oxygens (including phenoxy) is 2. The normalized spacial score (nSPS) is 15.1. The summed E-state index contributed by atoms with van der Waals surface area (Å²) in [6.07, 6.45) is 1.30. The number of urea groups is 1. The highest BCUT2D eigenvalue weighted by atomic mass is 35.5. The quantitative estimate of drug-likeness (QED) is 0.556. The van der Waals surface area contributed by atoms with Crippen LogP contribution in [0.15, 0.2) is 42.0 Å². The van der Waals surface area contributed by atoms with Crippen LogP contribution in [0.4, 0.5) is 10.5 Å². The van der Waals surface area contributed by atoms with Gasteiger partial charge in [0.15, 0.2) is 18.1 Å². The molecule has 3 rings (SSSR count). The Morgan fingerprint density at radius 2 is 1.90 bits per heavy atom. The van der Waals surface area contributed by atoms with Crippen LogP contribution in [0, 0.1) is 11.3 Å². The van der Waals surface area contributed by atoms with Crippen LogP contribution in [0.5, 0.6) is 11.5 Å². The summed E-state index contributed by atoms with van der Waals surface area (Å²) < 4.78 is 10.5. The number of nitrogens with one attached hydrogen (secondary N) is 1. The SMILES string of the molecule is COc1cc(C=C2C(=O)NC(=O)N(c3ccc(Cl)cc3Cl)C2=O)ccc1OCC#N. The summed E-state index contributed by atoms with van der Waals surface area (Å²) in [6, 6.07) is 9.80. The summed E-state index contributed by atoms with van der Waals surface area (Å²) in [5, 5.41) is 11.1. The standard InChI is InChI=1S/C20H13Cl2N3O5/c1-29-17-9-11(2-5-16(17)30-7-6-23)8-13-18(26)24-20(28)25(19(13)27)15-4-3-12(21)10-14(15)22/h2-5,8-10H,7H2,1H3,(H,24,26,28). The number of rotatable bonds is 5. The maximum atomic E-state index is 12.9. The summed E-state index contributed by atoms with van der Waals surface area (Å²) in [5.41, 5.74) is 0.235. The van der Waals surface area contributed by atoms with Crippen molar-refractivity contribution >= 4 is 52.8 Å². The molecule has 0 atom stereocenters. The molecule has 0 bridgehead atoms. The van der Waals surface area contributed by atoms with E-state index in [2.05, 4.69) is 5.32 Å². The number of amides is 4. The van der Waals surface area contributed by atoms with Crippen molar-refractivity contribution in [2.24, 2.45) is 0 Å². The first-order valence-corrected chi connectivity index (χ1v) is 9.15. The highest BCUT2D eigenvalue weighted by molar-refractivity contribution is 6.42. The number of imide groups is 2. The van der Waals surface area contributed by atoms with E-state index in [4.69, 9.17) is 37.9 Å². The Morgan fingerprint density at radius 3 is 2.57 bits per heavy atom. The molecule has 30 heavy (non-hydrogen) atoms. The minimum atomic E-state index is -0.927. The minimum absolute atomic E-state index is 0.0698. The van der Waals surface area contributed by atoms with Crippen molar-refractivity contribution in [2.45, 2.75) is 0 Å². The van der Waals surface area contributed by atoms with Gasteiger partial charge in [-0.05, 0) is 42.0 Å². The predicted octanol–water partition coefficient (Wildman–Crippen LogP) is 3.57. The highest BCUT2D eigenvalue weighted by Crippen LogP contribution is 2.32. The zero-order valence-electron chi connectivity index (χ0n) is 15.4. The maximum Gasteiger partial charge on any atom is 0.335 e. The Labute approximate surface area is 181 Å². The number of carbonyl (C=O) groups excluding carboxylic acids is 3. The van der Waals surface area contributed by atoms with E-state index in [9.17, 15) is 14.4 Å². The average molecular weight is 446 g/mol. The number of nitrogens with zero attached hydrogens (tertiary/aromatic N) is 2. The third kappa shape index (κ3) is 4.22. The van der Waals surface area contributed by atoms with Gasteiger partial charge in [-0.1, -0.05) is 29.3 Å². The molecular weight excluding hydrogens is 433 g/mol. The molecule has 152 valence electrons. The topological polar surface area (TPSA) is 109 Å². The van der Waals surface area contributed by atoms with Gasteiger partial charge in [-0.2, -0.15) is 5.26 Å². The van der Waals surface area contributed by atoms with Gasteiger partial charge in [0.2, 0.25) is 0 Å². The number of hydrogen-bond acceptors (Lipinski definition) is 6. The molecule has 10 heteroatoms. The number of barbiturate groups is 1. The molecule has 1 fully saturated rings. The number of halogens is 2. The van der Waals surface area contributed by atoms with Gasteiger partial charge in [0.1, 0.15) is 11.6 Å². The summed E-state index contributed by atoms with van der Waals surface area (Å²) >= 11 is 12.0. The molecular formula is C20H13Cl2N3O5. The zero-order valence-corrected chi connectivity index (χ0v) is 17.0. The van der Waals surface area contributed by atoms with Crippen LogP contribution < -0.4 is 19.7 Å². The molecule has 1 aliphatic heterocycles. The van der Waals surface area contributed by atoms with E-state index >= 15 is 0 Å². The third-order valence-electron chi connectivity index (χ3n) is 4.04. The van der Waals surface area contributed by atoms with Crippen molar-refractivity contribution in [3.05, 3.63) is 57.6 Å². The fourth-order valence-corrected chi connectivity index (χ4v) is 3.20. The Kier molecular flexibility index (Phi) is 6.26. The molecule has 0 radical (unpaired) electrons. The average Bonchev–Trinajstić information content (AvgIpc) is 2.71. The molecule has 2 aromatic carbocycles. The molecule has 2 aromatic rings. The molecule has 0 spiro atoms.